The van der Waals surface area contributed by atoms with E-state index in [0.29, 0.717) is 17.5 Å². The van der Waals surface area contributed by atoms with E-state index in [4.69, 9.17) is 15.0 Å². The number of hydrogen-bond donors (Lipinski definition) is 0. The molecule has 2 aromatic heterocycles. The van der Waals surface area contributed by atoms with Crippen LogP contribution in [0.4, 0.5) is 0 Å². The van der Waals surface area contributed by atoms with Crippen LogP contribution in [0.5, 0.6) is 0 Å². The first-order chi connectivity index (χ1) is 11.8. The second kappa shape index (κ2) is 6.87. The molecule has 0 N–H and O–H groups in total. The first kappa shape index (κ1) is 16.1. The summed E-state index contributed by atoms with van der Waals surface area (Å²) in [6.45, 7) is 1.31. The van der Waals surface area contributed by atoms with E-state index in [9.17, 15) is 4.79 Å². The highest BCUT2D eigenvalue weighted by Crippen LogP contribution is 2.34. The number of hydrogen-bond acceptors (Lipinski definition) is 6. The molecule has 1 atom stereocenters. The second-order valence-electron chi connectivity index (χ2n) is 6.28. The molecule has 4 rings (SSSR count). The number of thiophene rings is 1. The molecule has 0 amide bonds. The van der Waals surface area contributed by atoms with E-state index in [0.717, 1.165) is 48.9 Å². The zero-order valence-electron chi connectivity index (χ0n) is 13.4. The fourth-order valence-electron chi connectivity index (χ4n) is 3.58. The normalized spacial score (nSPS) is 20.2. The lowest BCUT2D eigenvalue weighted by molar-refractivity contribution is 0.0937. The Labute approximate surface area is 148 Å². The smallest absolute Gasteiger partial charge is 0.263 e. The maximum Gasteiger partial charge on any atom is 0.263 e. The maximum atomic E-state index is 13.2. The SMILES string of the molecule is N#CCSc1nc2sc3c(c2c(=O)n1C[C@H]1CCCO1)CCCC3. The minimum absolute atomic E-state index is 0.0512. The molecule has 1 saturated heterocycles. The number of nitrogens with zero attached hydrogens (tertiary/aromatic N) is 3. The van der Waals surface area contributed by atoms with E-state index >= 15 is 0 Å². The fraction of sp³-hybridized carbons (Fsp3) is 0.588. The molecule has 5 nitrogen and oxygen atoms in total. The van der Waals surface area contributed by atoms with Gasteiger partial charge in [0.15, 0.2) is 5.16 Å². The van der Waals surface area contributed by atoms with E-state index < -0.39 is 0 Å². The summed E-state index contributed by atoms with van der Waals surface area (Å²) in [6.07, 6.45) is 6.49. The van der Waals surface area contributed by atoms with Gasteiger partial charge in [-0.1, -0.05) is 11.8 Å². The Morgan fingerprint density at radius 1 is 1.38 bits per heavy atom. The molecule has 7 heteroatoms. The summed E-state index contributed by atoms with van der Waals surface area (Å²) in [6, 6.07) is 2.13. The number of nitriles is 1. The van der Waals surface area contributed by atoms with E-state index in [2.05, 4.69) is 6.07 Å². The average Bonchev–Trinajstić information content (AvgIpc) is 3.22. The summed E-state index contributed by atoms with van der Waals surface area (Å²) in [5, 5.41) is 10.4. The van der Waals surface area contributed by atoms with Gasteiger partial charge in [0.1, 0.15) is 4.83 Å². The topological polar surface area (TPSA) is 67.9 Å². The Bertz CT molecular complexity index is 859. The Morgan fingerprint density at radius 2 is 2.25 bits per heavy atom. The summed E-state index contributed by atoms with van der Waals surface area (Å²) >= 11 is 3.01. The molecule has 24 heavy (non-hydrogen) atoms. The quantitative estimate of drug-likeness (QED) is 0.618. The Morgan fingerprint density at radius 3 is 3.04 bits per heavy atom. The fourth-order valence-corrected chi connectivity index (χ4v) is 5.55. The van der Waals surface area contributed by atoms with Gasteiger partial charge < -0.3 is 4.74 Å². The van der Waals surface area contributed by atoms with Gasteiger partial charge in [0.05, 0.1) is 29.9 Å². The molecule has 0 spiro atoms. The lowest BCUT2D eigenvalue weighted by atomic mass is 9.97. The molecule has 1 fully saturated rings. The highest BCUT2D eigenvalue weighted by Gasteiger charge is 2.24. The third kappa shape index (κ3) is 2.87. The van der Waals surface area contributed by atoms with E-state index in [1.165, 1.54) is 28.6 Å². The van der Waals surface area contributed by atoms with E-state index in [1.807, 2.05) is 0 Å². The minimum Gasteiger partial charge on any atom is -0.376 e. The van der Waals surface area contributed by atoms with E-state index in [-0.39, 0.29) is 11.7 Å². The number of aryl methyl sites for hydroxylation is 2. The van der Waals surface area contributed by atoms with Crippen molar-refractivity contribution in [3.8, 4) is 6.07 Å². The van der Waals surface area contributed by atoms with Crippen molar-refractivity contribution in [3.05, 3.63) is 20.8 Å². The van der Waals surface area contributed by atoms with Crippen molar-refractivity contribution in [1.82, 2.24) is 9.55 Å². The Balaban J connectivity index is 1.84. The van der Waals surface area contributed by atoms with Crippen molar-refractivity contribution in [2.24, 2.45) is 0 Å². The predicted molar refractivity (Wildman–Crippen MR) is 95.8 cm³/mol. The van der Waals surface area contributed by atoms with Crippen molar-refractivity contribution in [1.29, 1.82) is 5.26 Å². The third-order valence-electron chi connectivity index (χ3n) is 4.72. The largest absolute Gasteiger partial charge is 0.376 e. The molecular weight excluding hydrogens is 342 g/mol. The van der Waals surface area contributed by atoms with Crippen LogP contribution < -0.4 is 5.56 Å². The molecule has 0 bridgehead atoms. The van der Waals surface area contributed by atoms with Gasteiger partial charge in [-0.2, -0.15) is 5.26 Å². The zero-order valence-corrected chi connectivity index (χ0v) is 15.0. The number of thioether (sulfide) groups is 1. The van der Waals surface area contributed by atoms with Gasteiger partial charge in [0, 0.05) is 11.5 Å². The van der Waals surface area contributed by atoms with Crippen LogP contribution in [0.25, 0.3) is 10.2 Å². The molecule has 1 aliphatic heterocycles. The molecule has 1 aliphatic carbocycles. The predicted octanol–water partition coefficient (Wildman–Crippen LogP) is 3.13. The van der Waals surface area contributed by atoms with Crippen molar-refractivity contribution in [2.75, 3.05) is 12.4 Å². The molecule has 0 saturated carbocycles. The van der Waals surface area contributed by atoms with Gasteiger partial charge >= 0.3 is 0 Å². The number of aromatic nitrogens is 2. The highest BCUT2D eigenvalue weighted by atomic mass is 32.2. The molecule has 0 radical (unpaired) electrons. The molecule has 2 aliphatic rings. The summed E-state index contributed by atoms with van der Waals surface area (Å²) in [5.41, 5.74) is 1.27. The molecule has 2 aromatic rings. The summed E-state index contributed by atoms with van der Waals surface area (Å²) < 4.78 is 7.47. The summed E-state index contributed by atoms with van der Waals surface area (Å²) in [7, 11) is 0. The van der Waals surface area contributed by atoms with Crippen LogP contribution in [0, 0.1) is 11.3 Å². The second-order valence-corrected chi connectivity index (χ2v) is 8.31. The van der Waals surface area contributed by atoms with E-state index in [1.54, 1.807) is 15.9 Å². The zero-order chi connectivity index (χ0) is 16.5. The molecule has 3 heterocycles. The van der Waals surface area contributed by atoms with Crippen LogP contribution in [-0.2, 0) is 24.1 Å². The average molecular weight is 361 g/mol. The van der Waals surface area contributed by atoms with Crippen LogP contribution in [0.2, 0.25) is 0 Å². The van der Waals surface area contributed by atoms with Crippen molar-refractivity contribution < 1.29 is 4.74 Å². The van der Waals surface area contributed by atoms with Gasteiger partial charge in [-0.25, -0.2) is 4.98 Å². The third-order valence-corrected chi connectivity index (χ3v) is 6.74. The molecule has 0 aromatic carbocycles. The van der Waals surface area contributed by atoms with Gasteiger partial charge in [-0.3, -0.25) is 9.36 Å². The summed E-state index contributed by atoms with van der Waals surface area (Å²) in [4.78, 5) is 20.1. The molecule has 0 unspecified atom stereocenters. The number of fused-ring (bicyclic) bond motifs is 3. The number of ether oxygens (including phenoxy) is 1. The minimum atomic E-state index is 0.0512. The monoisotopic (exact) mass is 361 g/mol. The van der Waals surface area contributed by atoms with Crippen LogP contribution in [-0.4, -0.2) is 28.0 Å². The number of rotatable bonds is 4. The highest BCUT2D eigenvalue weighted by molar-refractivity contribution is 7.99. The lowest BCUT2D eigenvalue weighted by Crippen LogP contribution is -2.29. The van der Waals surface area contributed by atoms with Crippen molar-refractivity contribution in [2.45, 2.75) is 56.3 Å². The van der Waals surface area contributed by atoms with Gasteiger partial charge in [0.2, 0.25) is 0 Å². The lowest BCUT2D eigenvalue weighted by Gasteiger charge is -2.16. The van der Waals surface area contributed by atoms with Crippen LogP contribution in [0.15, 0.2) is 9.95 Å². The maximum absolute atomic E-state index is 13.2. The van der Waals surface area contributed by atoms with Crippen molar-refractivity contribution in [3.63, 3.8) is 0 Å². The van der Waals surface area contributed by atoms with Crippen molar-refractivity contribution >= 4 is 33.3 Å². The van der Waals surface area contributed by atoms with Crippen LogP contribution in [0.3, 0.4) is 0 Å². The first-order valence-electron chi connectivity index (χ1n) is 8.44. The molecular formula is C17H19N3O2S2. The van der Waals surface area contributed by atoms with Gasteiger partial charge in [-0.15, -0.1) is 11.3 Å². The van der Waals surface area contributed by atoms with Gasteiger partial charge in [-0.05, 0) is 44.1 Å². The standard InChI is InChI=1S/C17H19N3O2S2/c18-7-9-23-17-19-15-14(12-5-1-2-6-13(12)24-15)16(21)20(17)10-11-4-3-8-22-11/h11H,1-6,8-10H2/t11-/m1/s1. The van der Waals surface area contributed by atoms with Crippen LogP contribution in [0.1, 0.15) is 36.1 Å². The molecule has 126 valence electrons. The first-order valence-corrected chi connectivity index (χ1v) is 10.2. The summed E-state index contributed by atoms with van der Waals surface area (Å²) in [5.74, 6) is 0.300. The van der Waals surface area contributed by atoms with Crippen LogP contribution >= 0.6 is 23.1 Å². The Kier molecular flexibility index (Phi) is 4.61. The Hall–Kier alpha value is -1.36. The van der Waals surface area contributed by atoms with Gasteiger partial charge in [0.25, 0.3) is 5.56 Å².